The Bertz CT molecular complexity index is 769. The second-order valence-corrected chi connectivity index (χ2v) is 7.45. The predicted octanol–water partition coefficient (Wildman–Crippen LogP) is 2.36. The molecule has 0 spiro atoms. The maximum atomic E-state index is 14.1. The van der Waals surface area contributed by atoms with E-state index < -0.39 is 31.3 Å². The van der Waals surface area contributed by atoms with Crippen LogP contribution in [0.2, 0.25) is 0 Å². The molecule has 0 aromatic heterocycles. The van der Waals surface area contributed by atoms with E-state index in [0.29, 0.717) is 0 Å². The summed E-state index contributed by atoms with van der Waals surface area (Å²) < 4.78 is 40.5. The van der Waals surface area contributed by atoms with E-state index in [0.717, 1.165) is 29.3 Å². The zero-order valence-corrected chi connectivity index (χ0v) is 13.3. The molecule has 0 amide bonds. The van der Waals surface area contributed by atoms with Gasteiger partial charge in [-0.05, 0) is 31.7 Å². The van der Waals surface area contributed by atoms with Crippen molar-refractivity contribution < 1.29 is 17.7 Å². The lowest BCUT2D eigenvalue weighted by atomic mass is 10.2. The molecular weight excluding hydrogens is 325 g/mol. The van der Waals surface area contributed by atoms with Gasteiger partial charge in [-0.3, -0.25) is 10.1 Å². The molecule has 7 nitrogen and oxygen atoms in total. The lowest BCUT2D eigenvalue weighted by Crippen LogP contribution is -2.34. The van der Waals surface area contributed by atoms with Crippen molar-refractivity contribution in [2.24, 2.45) is 5.92 Å². The fraction of sp³-hybridized carbons (Fsp3) is 0.500. The largest absolute Gasteiger partial charge is 0.273 e. The summed E-state index contributed by atoms with van der Waals surface area (Å²) in [5.74, 6) is -0.821. The maximum Gasteiger partial charge on any atom is 0.273 e. The van der Waals surface area contributed by atoms with Crippen LogP contribution in [0.1, 0.15) is 24.8 Å². The van der Waals surface area contributed by atoms with Crippen LogP contribution in [0.25, 0.3) is 0 Å². The van der Waals surface area contributed by atoms with Gasteiger partial charge in [-0.15, -0.1) is 0 Å². The normalized spacial score (nSPS) is 14.7. The Morgan fingerprint density at radius 3 is 2.65 bits per heavy atom. The van der Waals surface area contributed by atoms with Crippen LogP contribution in [0.4, 0.5) is 10.1 Å². The van der Waals surface area contributed by atoms with Gasteiger partial charge < -0.3 is 0 Å². The summed E-state index contributed by atoms with van der Waals surface area (Å²) in [5, 5.41) is 19.6. The Balaban J connectivity index is 2.45. The number of nitro groups is 1. The molecule has 0 aliphatic heterocycles. The van der Waals surface area contributed by atoms with Crippen LogP contribution in [-0.4, -0.2) is 30.7 Å². The van der Waals surface area contributed by atoms with Gasteiger partial charge in [-0.25, -0.2) is 12.8 Å². The Kier molecular flexibility index (Phi) is 4.97. The third-order valence-corrected chi connectivity index (χ3v) is 5.58. The summed E-state index contributed by atoms with van der Waals surface area (Å²) in [6, 6.07) is 3.47. The third-order valence-electron chi connectivity index (χ3n) is 3.70. The zero-order valence-electron chi connectivity index (χ0n) is 12.5. The van der Waals surface area contributed by atoms with Gasteiger partial charge in [-0.2, -0.15) is 9.57 Å². The quantitative estimate of drug-likeness (QED) is 0.559. The average molecular weight is 341 g/mol. The smallest absolute Gasteiger partial charge is 0.258 e. The number of nitriles is 1. The van der Waals surface area contributed by atoms with Crippen molar-refractivity contribution in [1.29, 1.82) is 5.26 Å². The van der Waals surface area contributed by atoms with E-state index in [4.69, 9.17) is 5.26 Å². The fourth-order valence-corrected chi connectivity index (χ4v) is 3.83. The highest BCUT2D eigenvalue weighted by atomic mass is 32.2. The minimum atomic E-state index is -4.23. The molecule has 0 bridgehead atoms. The van der Waals surface area contributed by atoms with Crippen LogP contribution < -0.4 is 0 Å². The van der Waals surface area contributed by atoms with Gasteiger partial charge in [0, 0.05) is 31.1 Å². The number of aryl methyl sites for hydroxylation is 1. The van der Waals surface area contributed by atoms with Gasteiger partial charge >= 0.3 is 0 Å². The second-order valence-electron chi connectivity index (χ2n) is 5.54. The number of nitro benzene ring substituents is 1. The van der Waals surface area contributed by atoms with Gasteiger partial charge in [0.1, 0.15) is 10.7 Å². The second kappa shape index (κ2) is 6.60. The SMILES string of the molecule is Cc1cc(F)c(S(=O)(=O)N(CCC#N)CC2CC2)cc1[N+](=O)[O-]. The van der Waals surface area contributed by atoms with Crippen molar-refractivity contribution in [2.75, 3.05) is 13.1 Å². The first-order valence-electron chi connectivity index (χ1n) is 7.09. The van der Waals surface area contributed by atoms with Crippen molar-refractivity contribution in [3.63, 3.8) is 0 Å². The number of sulfonamides is 1. The Morgan fingerprint density at radius 1 is 1.48 bits per heavy atom. The predicted molar refractivity (Wildman–Crippen MR) is 79.5 cm³/mol. The summed E-state index contributed by atoms with van der Waals surface area (Å²) in [7, 11) is -4.23. The van der Waals surface area contributed by atoms with Crippen molar-refractivity contribution >= 4 is 15.7 Å². The molecule has 2 rings (SSSR count). The summed E-state index contributed by atoms with van der Waals surface area (Å²) in [6.45, 7) is 1.48. The summed E-state index contributed by atoms with van der Waals surface area (Å²) in [4.78, 5) is 9.52. The molecule has 0 saturated heterocycles. The van der Waals surface area contributed by atoms with E-state index in [1.54, 1.807) is 0 Å². The first-order valence-corrected chi connectivity index (χ1v) is 8.53. The van der Waals surface area contributed by atoms with Gasteiger partial charge in [0.25, 0.3) is 5.69 Å². The number of halogens is 1. The highest BCUT2D eigenvalue weighted by Gasteiger charge is 2.34. The number of hydrogen-bond donors (Lipinski definition) is 0. The molecule has 23 heavy (non-hydrogen) atoms. The number of benzene rings is 1. The molecule has 0 radical (unpaired) electrons. The lowest BCUT2D eigenvalue weighted by molar-refractivity contribution is -0.385. The molecule has 124 valence electrons. The molecule has 1 aliphatic carbocycles. The molecule has 1 aromatic rings. The Hall–Kier alpha value is -2.05. The van der Waals surface area contributed by atoms with Crippen LogP contribution in [0.3, 0.4) is 0 Å². The molecule has 1 aromatic carbocycles. The van der Waals surface area contributed by atoms with Crippen LogP contribution >= 0.6 is 0 Å². The van der Waals surface area contributed by atoms with E-state index >= 15 is 0 Å². The first-order chi connectivity index (χ1) is 10.8. The summed E-state index contributed by atoms with van der Waals surface area (Å²) >= 11 is 0. The van der Waals surface area contributed by atoms with Crippen molar-refractivity contribution in [2.45, 2.75) is 31.1 Å². The highest BCUT2D eigenvalue weighted by Crippen LogP contribution is 2.33. The van der Waals surface area contributed by atoms with E-state index in [1.165, 1.54) is 6.92 Å². The number of nitrogens with zero attached hydrogens (tertiary/aromatic N) is 3. The monoisotopic (exact) mass is 341 g/mol. The van der Waals surface area contributed by atoms with E-state index in [1.807, 2.05) is 6.07 Å². The van der Waals surface area contributed by atoms with Gasteiger partial charge in [-0.1, -0.05) is 0 Å². The topological polar surface area (TPSA) is 104 Å². The van der Waals surface area contributed by atoms with E-state index in [2.05, 4.69) is 0 Å². The lowest BCUT2D eigenvalue weighted by Gasteiger charge is -2.21. The highest BCUT2D eigenvalue weighted by molar-refractivity contribution is 7.89. The summed E-state index contributed by atoms with van der Waals surface area (Å²) in [6.07, 6.45) is 1.74. The third kappa shape index (κ3) is 3.83. The zero-order chi connectivity index (χ0) is 17.2. The minimum Gasteiger partial charge on any atom is -0.258 e. The minimum absolute atomic E-state index is 0.0263. The van der Waals surface area contributed by atoms with Crippen LogP contribution in [-0.2, 0) is 10.0 Å². The van der Waals surface area contributed by atoms with Crippen molar-refractivity contribution in [3.05, 3.63) is 33.6 Å². The van der Waals surface area contributed by atoms with E-state index in [-0.39, 0.29) is 31.0 Å². The standard InChI is InChI=1S/C14H16FN3O4S/c1-10-7-12(15)14(8-13(10)18(19)20)23(21,22)17(6-2-5-16)9-11-3-4-11/h7-8,11H,2-4,6,9H2,1H3. The molecule has 1 saturated carbocycles. The van der Waals surface area contributed by atoms with Crippen LogP contribution in [0.15, 0.2) is 17.0 Å². The molecule has 1 aliphatic rings. The molecular formula is C14H16FN3O4S. The number of hydrogen-bond acceptors (Lipinski definition) is 5. The average Bonchev–Trinajstić information content (AvgIpc) is 3.26. The maximum absolute atomic E-state index is 14.1. The van der Waals surface area contributed by atoms with Gasteiger partial charge in [0.05, 0.1) is 11.0 Å². The van der Waals surface area contributed by atoms with Gasteiger partial charge in [0.15, 0.2) is 0 Å². The molecule has 9 heteroatoms. The molecule has 1 fully saturated rings. The van der Waals surface area contributed by atoms with Crippen LogP contribution in [0.5, 0.6) is 0 Å². The van der Waals surface area contributed by atoms with Crippen LogP contribution in [0, 0.1) is 40.1 Å². The van der Waals surface area contributed by atoms with Gasteiger partial charge in [0.2, 0.25) is 10.0 Å². The van der Waals surface area contributed by atoms with E-state index in [9.17, 15) is 22.9 Å². The molecule has 0 heterocycles. The Labute approximate surface area is 133 Å². The Morgan fingerprint density at radius 2 is 2.13 bits per heavy atom. The summed E-state index contributed by atoms with van der Waals surface area (Å²) in [5.41, 5.74) is -0.395. The van der Waals surface area contributed by atoms with Crippen molar-refractivity contribution in [1.82, 2.24) is 4.31 Å². The molecule has 0 N–H and O–H groups in total. The first kappa shape index (κ1) is 17.3. The molecule has 0 unspecified atom stereocenters. The number of rotatable bonds is 7. The van der Waals surface area contributed by atoms with Crippen molar-refractivity contribution in [3.8, 4) is 6.07 Å². The fourth-order valence-electron chi connectivity index (χ4n) is 2.25. The molecule has 0 atom stereocenters.